The van der Waals surface area contributed by atoms with E-state index in [-0.39, 0.29) is 10.8 Å². The van der Waals surface area contributed by atoms with E-state index in [1.54, 1.807) is 17.0 Å². The Kier molecular flexibility index (Phi) is 8.66. The zero-order valence-corrected chi connectivity index (χ0v) is 23.9. The first kappa shape index (κ1) is 27.5. The molecule has 2 aromatic carbocycles. The number of carbonyl (C=O) groups excluding carboxylic acids is 1. The van der Waals surface area contributed by atoms with Crippen molar-refractivity contribution < 1.29 is 17.9 Å². The van der Waals surface area contributed by atoms with Crippen LogP contribution in [0.4, 0.5) is 5.13 Å². The van der Waals surface area contributed by atoms with Crippen molar-refractivity contribution in [3.05, 3.63) is 53.1 Å². The maximum Gasteiger partial charge on any atom is 0.247 e. The fraction of sp³-hybridized carbons (Fsp3) is 0.481. The average Bonchev–Trinajstić information content (AvgIpc) is 3.60. The lowest BCUT2D eigenvalue weighted by atomic mass is 10.1. The number of amides is 1. The molecule has 0 saturated carbocycles. The molecular weight excluding hydrogens is 544 g/mol. The van der Waals surface area contributed by atoms with Crippen LogP contribution in [-0.4, -0.2) is 80.5 Å². The number of thiazole rings is 1. The second-order valence-corrected chi connectivity index (χ2v) is 13.0. The van der Waals surface area contributed by atoms with Gasteiger partial charge in [-0.15, -0.1) is 0 Å². The Morgan fingerprint density at radius 3 is 2.66 bits per heavy atom. The van der Waals surface area contributed by atoms with Gasteiger partial charge in [-0.05, 0) is 61.6 Å². The van der Waals surface area contributed by atoms with Crippen LogP contribution in [0.2, 0.25) is 5.02 Å². The third-order valence-electron chi connectivity index (χ3n) is 7.24. The van der Waals surface area contributed by atoms with Crippen LogP contribution in [0.1, 0.15) is 31.7 Å². The first-order valence-electron chi connectivity index (χ1n) is 13.2. The molecule has 1 aromatic heterocycles. The molecule has 3 heterocycles. The fourth-order valence-corrected chi connectivity index (χ4v) is 7.99. The summed E-state index contributed by atoms with van der Waals surface area (Å²) in [4.78, 5) is 23.3. The van der Waals surface area contributed by atoms with Gasteiger partial charge in [0.1, 0.15) is 6.04 Å². The average molecular weight is 577 g/mol. The molecule has 1 amide bonds. The minimum atomic E-state index is -3.85. The van der Waals surface area contributed by atoms with E-state index < -0.39 is 16.1 Å². The first-order chi connectivity index (χ1) is 18.4. The second kappa shape index (κ2) is 12.0. The van der Waals surface area contributed by atoms with Crippen LogP contribution in [0, 0.1) is 0 Å². The van der Waals surface area contributed by atoms with Gasteiger partial charge < -0.3 is 4.74 Å². The van der Waals surface area contributed by atoms with Gasteiger partial charge in [-0.25, -0.2) is 13.4 Å². The van der Waals surface area contributed by atoms with Crippen LogP contribution in [0.5, 0.6) is 0 Å². The largest absolute Gasteiger partial charge is 0.379 e. The van der Waals surface area contributed by atoms with Crippen molar-refractivity contribution >= 4 is 54.2 Å². The maximum absolute atomic E-state index is 14.1. The molecule has 11 heteroatoms. The lowest BCUT2D eigenvalue weighted by molar-refractivity contribution is -0.121. The number of sulfonamides is 1. The lowest BCUT2D eigenvalue weighted by Crippen LogP contribution is -2.48. The zero-order chi connectivity index (χ0) is 26.7. The highest BCUT2D eigenvalue weighted by Gasteiger charge is 2.42. The normalized spacial score (nSPS) is 19.3. The molecule has 2 fully saturated rings. The standard InChI is InChI=1S/C27H33ClN4O4S2/c1-2-20-6-3-8-24-25(20)29-27(37-24)31(14-5-13-30-16-18-36-19-17-30)26(33)23-7-4-15-32(23)38(34,35)22-11-9-21(28)10-12-22/h3,6,8-12,23H,2,4-5,7,13-19H2,1H3. The third-order valence-corrected chi connectivity index (χ3v) is 10.5. The predicted molar refractivity (Wildman–Crippen MR) is 152 cm³/mol. The van der Waals surface area contributed by atoms with Crippen molar-refractivity contribution in [2.75, 3.05) is 50.8 Å². The van der Waals surface area contributed by atoms with Crippen LogP contribution in [-0.2, 0) is 26.0 Å². The number of aryl methyl sites for hydroxylation is 1. The smallest absolute Gasteiger partial charge is 0.247 e. The number of fused-ring (bicyclic) bond motifs is 1. The summed E-state index contributed by atoms with van der Waals surface area (Å²) in [6.45, 7) is 6.92. The summed E-state index contributed by atoms with van der Waals surface area (Å²) in [5.41, 5.74) is 2.05. The van der Waals surface area contributed by atoms with E-state index in [2.05, 4.69) is 17.9 Å². The summed E-state index contributed by atoms with van der Waals surface area (Å²) in [5.74, 6) is -0.209. The number of rotatable bonds is 9. The summed E-state index contributed by atoms with van der Waals surface area (Å²) in [7, 11) is -3.85. The van der Waals surface area contributed by atoms with Gasteiger partial charge in [0.25, 0.3) is 0 Å². The SMILES string of the molecule is CCc1cccc2sc(N(CCCN3CCOCC3)C(=O)C3CCCN3S(=O)(=O)c3ccc(Cl)cc3)nc12. The van der Waals surface area contributed by atoms with Gasteiger partial charge in [-0.1, -0.05) is 42.0 Å². The van der Waals surface area contributed by atoms with Crippen LogP contribution in [0.25, 0.3) is 10.2 Å². The molecule has 0 radical (unpaired) electrons. The van der Waals surface area contributed by atoms with Crippen molar-refractivity contribution in [3.63, 3.8) is 0 Å². The number of ether oxygens (including phenoxy) is 1. The van der Waals surface area contributed by atoms with Crippen LogP contribution < -0.4 is 4.90 Å². The first-order valence-corrected chi connectivity index (χ1v) is 15.8. The van der Waals surface area contributed by atoms with E-state index in [1.807, 2.05) is 12.1 Å². The minimum absolute atomic E-state index is 0.146. The molecular formula is C27H33ClN4O4S2. The van der Waals surface area contributed by atoms with E-state index in [1.165, 1.54) is 27.8 Å². The van der Waals surface area contributed by atoms with Crippen LogP contribution >= 0.6 is 22.9 Å². The highest BCUT2D eigenvalue weighted by molar-refractivity contribution is 7.89. The second-order valence-electron chi connectivity index (χ2n) is 9.64. The molecule has 204 valence electrons. The van der Waals surface area contributed by atoms with Gasteiger partial charge >= 0.3 is 0 Å². The molecule has 8 nitrogen and oxygen atoms in total. The Bertz CT molecular complexity index is 1370. The van der Waals surface area contributed by atoms with Gasteiger partial charge in [0.2, 0.25) is 15.9 Å². The highest BCUT2D eigenvalue weighted by atomic mass is 35.5. The molecule has 2 aliphatic rings. The summed E-state index contributed by atoms with van der Waals surface area (Å²) in [6.07, 6.45) is 2.72. The number of nitrogens with zero attached hydrogens (tertiary/aromatic N) is 4. The van der Waals surface area contributed by atoms with Gasteiger partial charge in [-0.2, -0.15) is 4.31 Å². The molecule has 1 unspecified atom stereocenters. The van der Waals surface area contributed by atoms with Crippen molar-refractivity contribution in [2.45, 2.75) is 43.5 Å². The van der Waals surface area contributed by atoms with Gasteiger partial charge in [0, 0.05) is 37.7 Å². The van der Waals surface area contributed by atoms with E-state index in [9.17, 15) is 13.2 Å². The lowest BCUT2D eigenvalue weighted by Gasteiger charge is -2.30. The molecule has 5 rings (SSSR count). The summed E-state index contributed by atoms with van der Waals surface area (Å²) in [6, 6.07) is 11.5. The topological polar surface area (TPSA) is 83.0 Å². The van der Waals surface area contributed by atoms with Crippen molar-refractivity contribution in [1.29, 1.82) is 0 Å². The van der Waals surface area contributed by atoms with E-state index >= 15 is 0 Å². The number of hydrogen-bond acceptors (Lipinski definition) is 7. The van der Waals surface area contributed by atoms with Crippen molar-refractivity contribution in [3.8, 4) is 0 Å². The molecule has 1 atom stereocenters. The fourth-order valence-electron chi connectivity index (χ4n) is 5.17. The summed E-state index contributed by atoms with van der Waals surface area (Å²) in [5, 5.41) is 1.09. The predicted octanol–water partition coefficient (Wildman–Crippen LogP) is 4.42. The summed E-state index contributed by atoms with van der Waals surface area (Å²) < 4.78 is 34.9. The van der Waals surface area contributed by atoms with Crippen LogP contribution in [0.3, 0.4) is 0 Å². The molecule has 2 aliphatic heterocycles. The zero-order valence-electron chi connectivity index (χ0n) is 21.5. The number of para-hydroxylation sites is 1. The molecule has 2 saturated heterocycles. The minimum Gasteiger partial charge on any atom is -0.379 e. The number of halogens is 1. The molecule has 3 aromatic rings. The number of hydrogen-bond donors (Lipinski definition) is 0. The number of anilines is 1. The Hall–Kier alpha value is -2.08. The Balaban J connectivity index is 1.43. The summed E-state index contributed by atoms with van der Waals surface area (Å²) >= 11 is 7.48. The Morgan fingerprint density at radius 2 is 1.92 bits per heavy atom. The Labute approximate surface area is 233 Å². The maximum atomic E-state index is 14.1. The van der Waals surface area contributed by atoms with Gasteiger partial charge in [0.05, 0.1) is 28.3 Å². The molecule has 0 N–H and O–H groups in total. The Morgan fingerprint density at radius 1 is 1.16 bits per heavy atom. The molecule has 38 heavy (non-hydrogen) atoms. The quantitative estimate of drug-likeness (QED) is 0.375. The van der Waals surface area contributed by atoms with E-state index in [4.69, 9.17) is 21.3 Å². The monoisotopic (exact) mass is 576 g/mol. The number of benzene rings is 2. The number of aromatic nitrogens is 1. The van der Waals surface area contributed by atoms with E-state index in [0.717, 1.165) is 61.5 Å². The van der Waals surface area contributed by atoms with E-state index in [0.29, 0.717) is 36.1 Å². The number of carbonyl (C=O) groups is 1. The van der Waals surface area contributed by atoms with Crippen molar-refractivity contribution in [1.82, 2.24) is 14.2 Å². The highest BCUT2D eigenvalue weighted by Crippen LogP contribution is 2.34. The van der Waals surface area contributed by atoms with Crippen LogP contribution in [0.15, 0.2) is 47.4 Å². The third kappa shape index (κ3) is 5.76. The van der Waals surface area contributed by atoms with Crippen molar-refractivity contribution in [2.24, 2.45) is 0 Å². The number of morpholine rings is 1. The van der Waals surface area contributed by atoms with Gasteiger partial charge in [-0.3, -0.25) is 14.6 Å². The molecule has 0 spiro atoms. The molecule has 0 bridgehead atoms. The molecule has 0 aliphatic carbocycles. The van der Waals surface area contributed by atoms with Gasteiger partial charge in [0.15, 0.2) is 5.13 Å².